The van der Waals surface area contributed by atoms with Gasteiger partial charge in [-0.15, -0.1) is 0 Å². The topological polar surface area (TPSA) is 56.1 Å². The molecular weight excluding hydrogens is 278 g/mol. The molecular formula is C14H16ClN3O2. The number of ether oxygens (including phenoxy) is 1. The highest BCUT2D eigenvalue weighted by atomic mass is 35.5. The number of carbonyl (C=O) groups excluding carboxylic acids is 1. The lowest BCUT2D eigenvalue weighted by Crippen LogP contribution is -2.24. The molecule has 0 aliphatic heterocycles. The monoisotopic (exact) mass is 293 g/mol. The summed E-state index contributed by atoms with van der Waals surface area (Å²) in [5.41, 5.74) is 1.47. The number of carbonyl (C=O) groups is 1. The maximum absolute atomic E-state index is 12.2. The number of amides is 1. The number of aromatic nitrogens is 2. The van der Waals surface area contributed by atoms with Crippen LogP contribution in [0.25, 0.3) is 0 Å². The largest absolute Gasteiger partial charge is 0.495 e. The number of methoxy groups -OCH3 is 1. The van der Waals surface area contributed by atoms with Gasteiger partial charge in [0.2, 0.25) is 5.91 Å². The lowest BCUT2D eigenvalue weighted by Gasteiger charge is -2.15. The van der Waals surface area contributed by atoms with Gasteiger partial charge in [-0.25, -0.2) is 0 Å². The third kappa shape index (κ3) is 2.93. The van der Waals surface area contributed by atoms with Crippen LogP contribution in [0.3, 0.4) is 0 Å². The van der Waals surface area contributed by atoms with Gasteiger partial charge in [-0.05, 0) is 31.5 Å². The van der Waals surface area contributed by atoms with Gasteiger partial charge in [0.1, 0.15) is 11.8 Å². The number of anilines is 1. The van der Waals surface area contributed by atoms with Crippen LogP contribution in [-0.4, -0.2) is 22.8 Å². The molecule has 1 aromatic carbocycles. The molecule has 2 rings (SSSR count). The quantitative estimate of drug-likeness (QED) is 0.942. The summed E-state index contributed by atoms with van der Waals surface area (Å²) >= 11 is 6.04. The normalized spacial score (nSPS) is 12.0. The molecule has 0 spiro atoms. The van der Waals surface area contributed by atoms with Gasteiger partial charge in [-0.2, -0.15) is 5.10 Å². The molecule has 0 aliphatic carbocycles. The first kappa shape index (κ1) is 14.4. The van der Waals surface area contributed by atoms with Crippen LogP contribution in [0.15, 0.2) is 30.6 Å². The predicted octanol–water partition coefficient (Wildman–Crippen LogP) is 3.05. The highest BCUT2D eigenvalue weighted by Gasteiger charge is 2.17. The van der Waals surface area contributed by atoms with Crippen molar-refractivity contribution < 1.29 is 9.53 Å². The van der Waals surface area contributed by atoms with Crippen molar-refractivity contribution in [3.05, 3.63) is 41.2 Å². The Morgan fingerprint density at radius 3 is 2.85 bits per heavy atom. The van der Waals surface area contributed by atoms with Crippen molar-refractivity contribution in [3.8, 4) is 5.75 Å². The summed E-state index contributed by atoms with van der Waals surface area (Å²) in [6.45, 7) is 3.64. The van der Waals surface area contributed by atoms with E-state index < -0.39 is 6.04 Å². The maximum Gasteiger partial charge on any atom is 0.249 e. The fourth-order valence-corrected chi connectivity index (χ4v) is 1.95. The van der Waals surface area contributed by atoms with Gasteiger partial charge in [0.25, 0.3) is 0 Å². The smallest absolute Gasteiger partial charge is 0.249 e. The fourth-order valence-electron chi connectivity index (χ4n) is 1.80. The van der Waals surface area contributed by atoms with Crippen molar-refractivity contribution in [3.63, 3.8) is 0 Å². The van der Waals surface area contributed by atoms with Gasteiger partial charge in [0.05, 0.1) is 12.8 Å². The van der Waals surface area contributed by atoms with E-state index >= 15 is 0 Å². The zero-order chi connectivity index (χ0) is 14.7. The average molecular weight is 294 g/mol. The molecule has 1 atom stereocenters. The SMILES string of the molecule is COc1cc(Cl)c(C)cc1NC(=O)[C@@H](C)n1cccn1. The van der Waals surface area contributed by atoms with Crippen LogP contribution in [-0.2, 0) is 4.79 Å². The molecule has 0 saturated heterocycles. The lowest BCUT2D eigenvalue weighted by atomic mass is 10.2. The number of halogens is 1. The van der Waals surface area contributed by atoms with Crippen molar-refractivity contribution in [1.29, 1.82) is 0 Å². The summed E-state index contributed by atoms with van der Waals surface area (Å²) in [4.78, 5) is 12.2. The maximum atomic E-state index is 12.2. The molecule has 0 bridgehead atoms. The number of hydrogen-bond donors (Lipinski definition) is 1. The van der Waals surface area contributed by atoms with Gasteiger partial charge >= 0.3 is 0 Å². The van der Waals surface area contributed by atoms with E-state index in [1.54, 1.807) is 42.2 Å². The number of nitrogens with one attached hydrogen (secondary N) is 1. The molecule has 0 fully saturated rings. The standard InChI is InChI=1S/C14H16ClN3O2/c1-9-7-12(13(20-3)8-11(9)15)17-14(19)10(2)18-6-4-5-16-18/h4-8,10H,1-3H3,(H,17,19)/t10-/m1/s1. The Morgan fingerprint density at radius 1 is 1.50 bits per heavy atom. The highest BCUT2D eigenvalue weighted by Crippen LogP contribution is 2.31. The molecule has 1 aromatic heterocycles. The van der Waals surface area contributed by atoms with Gasteiger partial charge in [0.15, 0.2) is 0 Å². The molecule has 0 radical (unpaired) electrons. The van der Waals surface area contributed by atoms with Crippen LogP contribution in [0.4, 0.5) is 5.69 Å². The minimum Gasteiger partial charge on any atom is -0.495 e. The van der Waals surface area contributed by atoms with Crippen LogP contribution in [0, 0.1) is 6.92 Å². The van der Waals surface area contributed by atoms with E-state index in [4.69, 9.17) is 16.3 Å². The number of nitrogens with zero attached hydrogens (tertiary/aromatic N) is 2. The van der Waals surface area contributed by atoms with Crippen LogP contribution in [0.5, 0.6) is 5.75 Å². The van der Waals surface area contributed by atoms with E-state index in [0.717, 1.165) is 5.56 Å². The van der Waals surface area contributed by atoms with Crippen molar-refractivity contribution in [2.24, 2.45) is 0 Å². The molecule has 0 saturated carbocycles. The lowest BCUT2D eigenvalue weighted by molar-refractivity contribution is -0.119. The molecule has 0 aliphatic rings. The first-order chi connectivity index (χ1) is 9.52. The van der Waals surface area contributed by atoms with Crippen molar-refractivity contribution in [2.75, 3.05) is 12.4 Å². The fraction of sp³-hybridized carbons (Fsp3) is 0.286. The van der Waals surface area contributed by atoms with E-state index in [0.29, 0.717) is 16.5 Å². The number of benzene rings is 1. The Labute approximate surface area is 122 Å². The summed E-state index contributed by atoms with van der Waals surface area (Å²) in [6, 6.07) is 4.84. The van der Waals surface area contributed by atoms with Crippen LogP contribution >= 0.6 is 11.6 Å². The minimum atomic E-state index is -0.411. The van der Waals surface area contributed by atoms with Crippen molar-refractivity contribution >= 4 is 23.2 Å². The Balaban J connectivity index is 2.21. The molecule has 6 heteroatoms. The zero-order valence-corrected chi connectivity index (χ0v) is 12.3. The van der Waals surface area contributed by atoms with E-state index in [2.05, 4.69) is 10.4 Å². The Bertz CT molecular complexity index is 611. The molecule has 1 N–H and O–H groups in total. The van der Waals surface area contributed by atoms with Gasteiger partial charge in [0, 0.05) is 23.5 Å². The second-order valence-corrected chi connectivity index (χ2v) is 4.86. The summed E-state index contributed by atoms with van der Waals surface area (Å²) in [5, 5.41) is 7.49. The molecule has 1 amide bonds. The van der Waals surface area contributed by atoms with E-state index in [1.807, 2.05) is 6.92 Å². The third-order valence-corrected chi connectivity index (χ3v) is 3.45. The number of hydrogen-bond acceptors (Lipinski definition) is 3. The number of rotatable bonds is 4. The van der Waals surface area contributed by atoms with E-state index in [1.165, 1.54) is 7.11 Å². The third-order valence-electron chi connectivity index (χ3n) is 3.04. The second-order valence-electron chi connectivity index (χ2n) is 4.45. The molecule has 0 unspecified atom stereocenters. The molecule has 5 nitrogen and oxygen atoms in total. The van der Waals surface area contributed by atoms with Crippen LogP contribution in [0.1, 0.15) is 18.5 Å². The summed E-state index contributed by atoms with van der Waals surface area (Å²) in [7, 11) is 1.54. The minimum absolute atomic E-state index is 0.172. The number of aryl methyl sites for hydroxylation is 1. The summed E-state index contributed by atoms with van der Waals surface area (Å²) in [5.74, 6) is 0.357. The van der Waals surface area contributed by atoms with Crippen molar-refractivity contribution in [2.45, 2.75) is 19.9 Å². The zero-order valence-electron chi connectivity index (χ0n) is 11.6. The van der Waals surface area contributed by atoms with E-state index in [9.17, 15) is 4.79 Å². The summed E-state index contributed by atoms with van der Waals surface area (Å²) < 4.78 is 6.82. The predicted molar refractivity (Wildman–Crippen MR) is 78.3 cm³/mol. The second kappa shape index (κ2) is 5.96. The molecule has 106 valence electrons. The Kier molecular flexibility index (Phi) is 4.29. The molecule has 1 heterocycles. The van der Waals surface area contributed by atoms with Gasteiger partial charge in [-0.3, -0.25) is 9.48 Å². The molecule has 2 aromatic rings. The molecule has 20 heavy (non-hydrogen) atoms. The van der Waals surface area contributed by atoms with Crippen molar-refractivity contribution in [1.82, 2.24) is 9.78 Å². The van der Waals surface area contributed by atoms with Gasteiger partial charge < -0.3 is 10.1 Å². The average Bonchev–Trinajstić information content (AvgIpc) is 2.95. The van der Waals surface area contributed by atoms with Crippen LogP contribution < -0.4 is 10.1 Å². The summed E-state index contributed by atoms with van der Waals surface area (Å²) in [6.07, 6.45) is 3.38. The van der Waals surface area contributed by atoms with Gasteiger partial charge in [-0.1, -0.05) is 11.6 Å². The first-order valence-electron chi connectivity index (χ1n) is 6.17. The van der Waals surface area contributed by atoms with Crippen LogP contribution in [0.2, 0.25) is 5.02 Å². The Hall–Kier alpha value is -2.01. The first-order valence-corrected chi connectivity index (χ1v) is 6.55. The van der Waals surface area contributed by atoms with E-state index in [-0.39, 0.29) is 5.91 Å². The Morgan fingerprint density at radius 2 is 2.25 bits per heavy atom. The highest BCUT2D eigenvalue weighted by molar-refractivity contribution is 6.31.